The number of aromatic nitrogens is 4. The number of furan rings is 1. The van der Waals surface area contributed by atoms with Gasteiger partial charge in [0.25, 0.3) is 5.95 Å². The molecule has 3 aromatic heterocycles. The average Bonchev–Trinajstić information content (AvgIpc) is 3.19. The second-order valence-electron chi connectivity index (χ2n) is 7.63. The van der Waals surface area contributed by atoms with Gasteiger partial charge in [-0.2, -0.15) is 9.97 Å². The Labute approximate surface area is 186 Å². The third-order valence-corrected chi connectivity index (χ3v) is 6.04. The zero-order chi connectivity index (χ0) is 23.3. The molecule has 0 aliphatic rings. The van der Waals surface area contributed by atoms with Gasteiger partial charge in [0.15, 0.2) is 5.69 Å². The summed E-state index contributed by atoms with van der Waals surface area (Å²) in [7, 11) is 2.62. The van der Waals surface area contributed by atoms with Crippen molar-refractivity contribution < 1.29 is 28.2 Å². The van der Waals surface area contributed by atoms with Crippen molar-refractivity contribution in [2.24, 2.45) is 0 Å². The predicted octanol–water partition coefficient (Wildman–Crippen LogP) is 2.40. The number of nitrogens with zero attached hydrogens (tertiary/aromatic N) is 4. The SMILES string of the molecule is COc1nc(OC)c(NC(=O)Cc2ccc(Oc3nccc([Si](C)(C)C)n3)o2)c(OC)n1. The third kappa shape index (κ3) is 5.52. The van der Waals surface area contributed by atoms with Crippen molar-refractivity contribution in [1.82, 2.24) is 19.9 Å². The molecule has 0 saturated carbocycles. The lowest BCUT2D eigenvalue weighted by atomic mass is 10.3. The second kappa shape index (κ2) is 9.64. The van der Waals surface area contributed by atoms with Gasteiger partial charge in [0, 0.05) is 17.6 Å². The van der Waals surface area contributed by atoms with E-state index in [1.54, 1.807) is 18.3 Å². The van der Waals surface area contributed by atoms with Crippen molar-refractivity contribution in [2.75, 3.05) is 26.6 Å². The second-order valence-corrected chi connectivity index (χ2v) is 12.6. The Kier molecular flexibility index (Phi) is 6.93. The highest BCUT2D eigenvalue weighted by atomic mass is 28.3. The first-order valence-corrected chi connectivity index (χ1v) is 13.2. The van der Waals surface area contributed by atoms with Crippen molar-refractivity contribution in [1.29, 1.82) is 0 Å². The van der Waals surface area contributed by atoms with E-state index >= 15 is 0 Å². The number of carbonyl (C=O) groups is 1. The van der Waals surface area contributed by atoms with Crippen molar-refractivity contribution in [3.63, 3.8) is 0 Å². The Morgan fingerprint density at radius 3 is 2.25 bits per heavy atom. The molecule has 170 valence electrons. The smallest absolute Gasteiger partial charge is 0.324 e. The minimum atomic E-state index is -1.61. The van der Waals surface area contributed by atoms with Gasteiger partial charge >= 0.3 is 12.0 Å². The summed E-state index contributed by atoms with van der Waals surface area (Å²) in [5.74, 6) is 0.373. The zero-order valence-electron chi connectivity index (χ0n) is 18.8. The summed E-state index contributed by atoms with van der Waals surface area (Å²) in [6.45, 7) is 6.54. The number of methoxy groups -OCH3 is 3. The maximum Gasteiger partial charge on any atom is 0.324 e. The van der Waals surface area contributed by atoms with E-state index in [1.807, 2.05) is 6.07 Å². The van der Waals surface area contributed by atoms with Crippen LogP contribution in [0.25, 0.3) is 0 Å². The first kappa shape index (κ1) is 23.0. The number of nitrogens with one attached hydrogen (secondary N) is 1. The van der Waals surface area contributed by atoms with Crippen molar-refractivity contribution in [3.8, 4) is 29.7 Å². The fraction of sp³-hybridized carbons (Fsp3) is 0.350. The molecule has 0 aliphatic carbocycles. The van der Waals surface area contributed by atoms with E-state index in [-0.39, 0.29) is 41.8 Å². The van der Waals surface area contributed by atoms with Crippen molar-refractivity contribution in [2.45, 2.75) is 26.1 Å². The molecule has 32 heavy (non-hydrogen) atoms. The summed E-state index contributed by atoms with van der Waals surface area (Å²) >= 11 is 0. The Bertz CT molecular complexity index is 1070. The zero-order valence-corrected chi connectivity index (χ0v) is 19.8. The number of ether oxygens (including phenoxy) is 4. The van der Waals surface area contributed by atoms with Crippen LogP contribution in [0.5, 0.6) is 29.7 Å². The largest absolute Gasteiger partial charge is 0.479 e. The summed E-state index contributed by atoms with van der Waals surface area (Å²) in [5, 5.41) is 3.64. The Morgan fingerprint density at radius 1 is 0.969 bits per heavy atom. The number of amides is 1. The summed E-state index contributed by atoms with van der Waals surface area (Å²) < 4.78 is 26.6. The van der Waals surface area contributed by atoms with Crippen LogP contribution in [-0.2, 0) is 11.2 Å². The quantitative estimate of drug-likeness (QED) is 0.476. The Morgan fingerprint density at radius 2 is 1.66 bits per heavy atom. The predicted molar refractivity (Wildman–Crippen MR) is 118 cm³/mol. The minimum absolute atomic E-state index is 0.0462. The molecule has 1 amide bonds. The van der Waals surface area contributed by atoms with Gasteiger partial charge in [-0.3, -0.25) is 4.79 Å². The molecule has 12 heteroatoms. The maximum atomic E-state index is 12.6. The normalized spacial score (nSPS) is 11.1. The molecule has 0 bridgehead atoms. The highest BCUT2D eigenvalue weighted by Gasteiger charge is 2.21. The molecule has 3 aromatic rings. The van der Waals surface area contributed by atoms with E-state index in [2.05, 4.69) is 44.9 Å². The highest BCUT2D eigenvalue weighted by molar-refractivity contribution is 6.88. The fourth-order valence-corrected chi connectivity index (χ4v) is 3.65. The number of carbonyl (C=O) groups excluding carboxylic acids is 1. The van der Waals surface area contributed by atoms with Gasteiger partial charge < -0.3 is 28.7 Å². The summed E-state index contributed by atoms with van der Waals surface area (Å²) in [6, 6.07) is 5.37. The van der Waals surface area contributed by atoms with E-state index in [0.717, 1.165) is 5.32 Å². The monoisotopic (exact) mass is 459 g/mol. The van der Waals surface area contributed by atoms with E-state index in [9.17, 15) is 4.79 Å². The summed E-state index contributed by atoms with van der Waals surface area (Å²) in [6.07, 6.45) is 1.59. The van der Waals surface area contributed by atoms with Crippen LogP contribution in [0.4, 0.5) is 5.69 Å². The van der Waals surface area contributed by atoms with Gasteiger partial charge in [0.05, 0.1) is 27.8 Å². The Hall–Kier alpha value is -3.67. The molecule has 3 heterocycles. The Balaban J connectivity index is 1.69. The number of hydrogen-bond acceptors (Lipinski definition) is 10. The third-order valence-electron chi connectivity index (χ3n) is 4.22. The van der Waals surface area contributed by atoms with E-state index in [0.29, 0.717) is 5.76 Å². The van der Waals surface area contributed by atoms with Gasteiger partial charge in [0.2, 0.25) is 17.7 Å². The first-order valence-electron chi connectivity index (χ1n) is 9.67. The average molecular weight is 460 g/mol. The molecule has 0 radical (unpaired) electrons. The molecular weight excluding hydrogens is 434 g/mol. The molecule has 0 saturated heterocycles. The van der Waals surface area contributed by atoms with Gasteiger partial charge in [-0.05, 0) is 12.1 Å². The number of hydrogen-bond donors (Lipinski definition) is 1. The lowest BCUT2D eigenvalue weighted by molar-refractivity contribution is -0.115. The maximum absolute atomic E-state index is 12.6. The van der Waals surface area contributed by atoms with E-state index in [4.69, 9.17) is 23.4 Å². The highest BCUT2D eigenvalue weighted by Crippen LogP contribution is 2.33. The van der Waals surface area contributed by atoms with Crippen LogP contribution in [-0.4, -0.2) is 55.2 Å². The van der Waals surface area contributed by atoms with Gasteiger partial charge in [-0.1, -0.05) is 19.6 Å². The van der Waals surface area contributed by atoms with Gasteiger partial charge in [0.1, 0.15) is 13.8 Å². The van der Waals surface area contributed by atoms with Crippen LogP contribution in [0.2, 0.25) is 19.6 Å². The van der Waals surface area contributed by atoms with Gasteiger partial charge in [-0.25, -0.2) is 9.97 Å². The molecular formula is C20H25N5O6Si. The standard InChI is InChI=1S/C20H25N5O6Si/c1-27-17-16(18(28-2)25-20(24-17)29-3)22-13(26)11-12-7-8-15(30-12)31-19-21-10-9-14(23-19)32(4,5)6/h7-10H,11H2,1-6H3,(H,22,26). The van der Waals surface area contributed by atoms with Crippen molar-refractivity contribution >= 4 is 25.0 Å². The van der Waals surface area contributed by atoms with Crippen LogP contribution in [0.15, 0.2) is 28.8 Å². The van der Waals surface area contributed by atoms with E-state index < -0.39 is 14.0 Å². The molecule has 1 N–H and O–H groups in total. The molecule has 11 nitrogen and oxygen atoms in total. The minimum Gasteiger partial charge on any atom is -0.479 e. The lowest BCUT2D eigenvalue weighted by Gasteiger charge is -2.14. The molecule has 0 aromatic carbocycles. The molecule has 0 aliphatic heterocycles. The fourth-order valence-electron chi connectivity index (χ4n) is 2.64. The van der Waals surface area contributed by atoms with Gasteiger partial charge in [-0.15, -0.1) is 0 Å². The summed E-state index contributed by atoms with van der Waals surface area (Å²) in [4.78, 5) is 29.2. The molecule has 0 atom stereocenters. The lowest BCUT2D eigenvalue weighted by Crippen LogP contribution is -2.40. The topological polar surface area (TPSA) is 131 Å². The molecule has 0 unspecified atom stereocenters. The number of rotatable bonds is 9. The van der Waals surface area contributed by atoms with Crippen LogP contribution in [0.1, 0.15) is 5.76 Å². The molecule has 0 spiro atoms. The van der Waals surface area contributed by atoms with Crippen molar-refractivity contribution in [3.05, 3.63) is 30.2 Å². The summed E-state index contributed by atoms with van der Waals surface area (Å²) in [5.41, 5.74) is 0.181. The molecule has 3 rings (SSSR count). The molecule has 0 fully saturated rings. The first-order chi connectivity index (χ1) is 15.2. The van der Waals surface area contributed by atoms with E-state index in [1.165, 1.54) is 21.3 Å². The van der Waals surface area contributed by atoms with Crippen LogP contribution >= 0.6 is 0 Å². The van der Waals surface area contributed by atoms with Crippen LogP contribution < -0.4 is 29.6 Å². The number of anilines is 1. The van der Waals surface area contributed by atoms with Crippen LogP contribution in [0.3, 0.4) is 0 Å². The van der Waals surface area contributed by atoms with Crippen LogP contribution in [0, 0.1) is 0 Å².